The normalized spacial score (nSPS) is 16.1. The predicted molar refractivity (Wildman–Crippen MR) is 118 cm³/mol. The number of rotatable bonds is 9. The third kappa shape index (κ3) is 6.01. The number of thiophene rings is 1. The summed E-state index contributed by atoms with van der Waals surface area (Å²) in [6.07, 6.45) is 0.936. The number of carbonyl (C=O) groups is 3. The van der Waals surface area contributed by atoms with Crippen molar-refractivity contribution in [1.29, 1.82) is 0 Å². The number of carboxylic acid groups (broad SMARTS) is 2. The molecule has 31 heavy (non-hydrogen) atoms. The van der Waals surface area contributed by atoms with Crippen LogP contribution >= 0.6 is 23.1 Å². The van der Waals surface area contributed by atoms with Crippen molar-refractivity contribution in [3.8, 4) is 0 Å². The number of nitrogens with one attached hydrogen (secondary N) is 3. The number of H-pyrrole nitrogens is 1. The third-order valence-corrected chi connectivity index (χ3v) is 7.18. The number of aryl methyl sites for hydroxylation is 1. The largest absolute Gasteiger partial charge is 0.481 e. The second-order valence-electron chi connectivity index (χ2n) is 7.02. The molecule has 10 nitrogen and oxygen atoms in total. The number of aliphatic carboxylic acids is 2. The number of aromatic nitrogens is 1. The van der Waals surface area contributed by atoms with Crippen molar-refractivity contribution in [2.75, 3.05) is 17.6 Å². The summed E-state index contributed by atoms with van der Waals surface area (Å²) in [5.74, 6) is -2.62. The molecule has 0 aromatic carbocycles. The molecule has 0 fully saturated rings. The second-order valence-corrected chi connectivity index (χ2v) is 9.50. The molecule has 0 aliphatic carbocycles. The second kappa shape index (κ2) is 9.88. The van der Waals surface area contributed by atoms with Crippen LogP contribution < -0.4 is 21.9 Å². The van der Waals surface area contributed by atoms with Crippen molar-refractivity contribution < 1.29 is 24.6 Å². The van der Waals surface area contributed by atoms with E-state index in [1.54, 1.807) is 12.1 Å². The van der Waals surface area contributed by atoms with E-state index in [9.17, 15) is 24.3 Å². The fraction of sp³-hybridized carbons (Fsp3) is 0.368. The summed E-state index contributed by atoms with van der Waals surface area (Å²) in [6, 6.07) is 3.88. The first-order valence-electron chi connectivity index (χ1n) is 9.50. The van der Waals surface area contributed by atoms with Gasteiger partial charge in [0.15, 0.2) is 0 Å². The fourth-order valence-corrected chi connectivity index (χ4v) is 5.18. The maximum atomic E-state index is 12.4. The molecular formula is C19H22N4O6S2. The lowest BCUT2D eigenvalue weighted by atomic mass is 10.1. The molecule has 2 aromatic rings. The Morgan fingerprint density at radius 3 is 2.77 bits per heavy atom. The number of hydrogen-bond acceptors (Lipinski definition) is 8. The van der Waals surface area contributed by atoms with Gasteiger partial charge < -0.3 is 31.6 Å². The fourth-order valence-electron chi connectivity index (χ4n) is 3.10. The zero-order valence-corrected chi connectivity index (χ0v) is 18.0. The molecule has 0 spiro atoms. The van der Waals surface area contributed by atoms with Gasteiger partial charge in [0.2, 0.25) is 0 Å². The lowest BCUT2D eigenvalue weighted by Crippen LogP contribution is -2.40. The quantitative estimate of drug-likeness (QED) is 0.320. The molecule has 2 aromatic heterocycles. The van der Waals surface area contributed by atoms with Crippen LogP contribution in [-0.4, -0.2) is 50.9 Å². The molecule has 3 heterocycles. The number of hydrogen-bond donors (Lipinski definition) is 6. The summed E-state index contributed by atoms with van der Waals surface area (Å²) in [5.41, 5.74) is 6.17. The number of nitrogen functional groups attached to an aromatic ring is 1. The molecule has 0 saturated carbocycles. The smallest absolute Gasteiger partial charge is 0.326 e. The SMILES string of the molecule is Nc1cc2c(c(=O)[nH]1)S[C@@H](CCc1ccc(C(=O)N[C@@H](CCC(=O)O)C(=O)O)s1)CN2. The molecule has 0 bridgehead atoms. The highest BCUT2D eigenvalue weighted by atomic mass is 32.2. The Labute approximate surface area is 185 Å². The standard InChI is InChI=1S/C19H22N4O6S2/c20-14-7-12-16(18(27)23-14)31-10(8-21-12)2-1-9-3-5-13(30-9)17(26)22-11(19(28)29)4-6-15(24)25/h3,5,7,10-11,21H,1-2,4,6,8H2,(H,22,26)(H,24,25)(H,28,29)(H3,20,23,27)/t10-,11-/m0/s1. The van der Waals surface area contributed by atoms with Crippen LogP contribution in [0.25, 0.3) is 0 Å². The molecular weight excluding hydrogens is 444 g/mol. The average molecular weight is 467 g/mol. The highest BCUT2D eigenvalue weighted by Crippen LogP contribution is 2.35. The molecule has 12 heteroatoms. The lowest BCUT2D eigenvalue weighted by molar-refractivity contribution is -0.140. The summed E-state index contributed by atoms with van der Waals surface area (Å²) >= 11 is 2.76. The van der Waals surface area contributed by atoms with Gasteiger partial charge in [-0.3, -0.25) is 14.4 Å². The Bertz CT molecular complexity index is 1050. The molecule has 1 amide bonds. The summed E-state index contributed by atoms with van der Waals surface area (Å²) in [7, 11) is 0. The van der Waals surface area contributed by atoms with Crippen molar-refractivity contribution in [3.05, 3.63) is 38.3 Å². The average Bonchev–Trinajstić information content (AvgIpc) is 3.18. The van der Waals surface area contributed by atoms with Crippen LogP contribution in [0.1, 0.15) is 33.8 Å². The van der Waals surface area contributed by atoms with E-state index in [0.717, 1.165) is 17.0 Å². The number of amides is 1. The summed E-state index contributed by atoms with van der Waals surface area (Å²) in [5, 5.41) is 23.7. The first-order chi connectivity index (χ1) is 14.7. The highest BCUT2D eigenvalue weighted by molar-refractivity contribution is 8.00. The lowest BCUT2D eigenvalue weighted by Gasteiger charge is -2.24. The first kappa shape index (κ1) is 22.7. The van der Waals surface area contributed by atoms with Gasteiger partial charge in [-0.25, -0.2) is 4.79 Å². The zero-order chi connectivity index (χ0) is 22.5. The number of fused-ring (bicyclic) bond motifs is 1. The zero-order valence-electron chi connectivity index (χ0n) is 16.3. The summed E-state index contributed by atoms with van der Waals surface area (Å²) < 4.78 is 0. The Morgan fingerprint density at radius 2 is 2.06 bits per heavy atom. The molecule has 7 N–H and O–H groups in total. The number of thioether (sulfide) groups is 1. The van der Waals surface area contributed by atoms with E-state index >= 15 is 0 Å². The Morgan fingerprint density at radius 1 is 1.29 bits per heavy atom. The van der Waals surface area contributed by atoms with E-state index in [1.807, 2.05) is 6.07 Å². The van der Waals surface area contributed by atoms with Gasteiger partial charge in [-0.05, 0) is 31.4 Å². The van der Waals surface area contributed by atoms with Crippen LogP contribution in [0.2, 0.25) is 0 Å². The van der Waals surface area contributed by atoms with Gasteiger partial charge in [0.1, 0.15) is 11.9 Å². The van der Waals surface area contributed by atoms with E-state index < -0.39 is 23.9 Å². The molecule has 0 saturated heterocycles. The number of carboxylic acids is 2. The van der Waals surface area contributed by atoms with Gasteiger partial charge in [-0.15, -0.1) is 23.1 Å². The maximum Gasteiger partial charge on any atom is 0.326 e. The van der Waals surface area contributed by atoms with Crippen LogP contribution in [-0.2, 0) is 16.0 Å². The Hall–Kier alpha value is -2.99. The van der Waals surface area contributed by atoms with E-state index in [-0.39, 0.29) is 23.7 Å². The number of anilines is 2. The van der Waals surface area contributed by atoms with Gasteiger partial charge in [0.25, 0.3) is 11.5 Å². The summed E-state index contributed by atoms with van der Waals surface area (Å²) in [4.78, 5) is 50.9. The molecule has 0 unspecified atom stereocenters. The van der Waals surface area contributed by atoms with Crippen molar-refractivity contribution in [2.45, 2.75) is 41.9 Å². The van der Waals surface area contributed by atoms with Crippen molar-refractivity contribution in [3.63, 3.8) is 0 Å². The van der Waals surface area contributed by atoms with Crippen LogP contribution in [0, 0.1) is 0 Å². The van der Waals surface area contributed by atoms with E-state index in [0.29, 0.717) is 28.6 Å². The van der Waals surface area contributed by atoms with Gasteiger partial charge in [0.05, 0.1) is 15.5 Å². The molecule has 2 atom stereocenters. The number of carbonyl (C=O) groups excluding carboxylic acids is 1. The van der Waals surface area contributed by atoms with E-state index in [4.69, 9.17) is 10.8 Å². The van der Waals surface area contributed by atoms with Crippen LogP contribution in [0.4, 0.5) is 11.5 Å². The molecule has 166 valence electrons. The summed E-state index contributed by atoms with van der Waals surface area (Å²) in [6.45, 7) is 0.684. The Kier molecular flexibility index (Phi) is 7.23. The molecule has 0 radical (unpaired) electrons. The maximum absolute atomic E-state index is 12.4. The van der Waals surface area contributed by atoms with E-state index in [2.05, 4.69) is 15.6 Å². The molecule has 3 rings (SSSR count). The minimum atomic E-state index is -1.27. The van der Waals surface area contributed by atoms with Crippen molar-refractivity contribution in [1.82, 2.24) is 10.3 Å². The number of aromatic amines is 1. The van der Waals surface area contributed by atoms with E-state index in [1.165, 1.54) is 23.1 Å². The van der Waals surface area contributed by atoms with Crippen molar-refractivity contribution in [2.24, 2.45) is 0 Å². The van der Waals surface area contributed by atoms with Gasteiger partial charge in [-0.1, -0.05) is 0 Å². The minimum absolute atomic E-state index is 0.170. The monoisotopic (exact) mass is 466 g/mol. The van der Waals surface area contributed by atoms with Gasteiger partial charge in [0, 0.05) is 29.2 Å². The van der Waals surface area contributed by atoms with Crippen molar-refractivity contribution >= 4 is 52.4 Å². The minimum Gasteiger partial charge on any atom is -0.481 e. The number of nitrogens with two attached hydrogens (primary N) is 1. The Balaban J connectivity index is 1.55. The van der Waals surface area contributed by atoms with Crippen LogP contribution in [0.3, 0.4) is 0 Å². The molecule has 1 aliphatic rings. The highest BCUT2D eigenvalue weighted by Gasteiger charge is 2.24. The first-order valence-corrected chi connectivity index (χ1v) is 11.2. The van der Waals surface area contributed by atoms with Crippen LogP contribution in [0.15, 0.2) is 27.9 Å². The topological polar surface area (TPSA) is 175 Å². The van der Waals surface area contributed by atoms with Gasteiger partial charge >= 0.3 is 11.9 Å². The molecule has 1 aliphatic heterocycles. The van der Waals surface area contributed by atoms with Crippen LogP contribution in [0.5, 0.6) is 0 Å². The van der Waals surface area contributed by atoms with Gasteiger partial charge in [-0.2, -0.15) is 0 Å². The number of pyridine rings is 1. The predicted octanol–water partition coefficient (Wildman–Crippen LogP) is 1.59. The third-order valence-electron chi connectivity index (χ3n) is 4.66.